The molecule has 0 aliphatic rings. The standard InChI is InChI=1S/C27H20Cl2F2N2O5S/c28-18-8-13-24(22(15-18)26(34)32-16-17-4-3-5-20(14-17)38-27(30)31)33-39(35,36)21-11-9-19(10-12-21)37-25-7-2-1-6-23(25)29/h1-15,27,33H,16H2,(H,32,34). The molecule has 4 rings (SSSR count). The molecule has 0 saturated heterocycles. The van der Waals surface area contributed by atoms with Gasteiger partial charge in [-0.15, -0.1) is 0 Å². The van der Waals surface area contributed by atoms with Gasteiger partial charge in [-0.05, 0) is 72.3 Å². The Balaban J connectivity index is 1.48. The van der Waals surface area contributed by atoms with Gasteiger partial charge >= 0.3 is 6.61 Å². The van der Waals surface area contributed by atoms with Crippen LogP contribution in [0.15, 0.2) is 95.9 Å². The minimum Gasteiger partial charge on any atom is -0.456 e. The van der Waals surface area contributed by atoms with Crippen LogP contribution in [0.4, 0.5) is 14.5 Å². The molecule has 4 aromatic rings. The summed E-state index contributed by atoms with van der Waals surface area (Å²) in [6, 6.07) is 22.4. The van der Waals surface area contributed by atoms with E-state index >= 15 is 0 Å². The van der Waals surface area contributed by atoms with Crippen molar-refractivity contribution in [1.29, 1.82) is 0 Å². The predicted octanol–water partition coefficient (Wildman–Crippen LogP) is 7.12. The SMILES string of the molecule is O=C(NCc1cccc(OC(F)F)c1)c1cc(Cl)ccc1NS(=O)(=O)c1ccc(Oc2ccccc2Cl)cc1. The first-order chi connectivity index (χ1) is 18.6. The zero-order chi connectivity index (χ0) is 28.0. The molecule has 12 heteroatoms. The van der Waals surface area contributed by atoms with Crippen LogP contribution in [-0.2, 0) is 16.6 Å². The van der Waals surface area contributed by atoms with Gasteiger partial charge in [0.2, 0.25) is 0 Å². The van der Waals surface area contributed by atoms with E-state index in [2.05, 4.69) is 14.8 Å². The molecule has 0 bridgehead atoms. The van der Waals surface area contributed by atoms with Gasteiger partial charge in [0.25, 0.3) is 15.9 Å². The lowest BCUT2D eigenvalue weighted by Crippen LogP contribution is -2.25. The van der Waals surface area contributed by atoms with E-state index in [4.69, 9.17) is 27.9 Å². The molecule has 39 heavy (non-hydrogen) atoms. The number of amides is 1. The lowest BCUT2D eigenvalue weighted by Gasteiger charge is -2.14. The summed E-state index contributed by atoms with van der Waals surface area (Å²) in [5.74, 6) is 0.0877. The second-order valence-corrected chi connectivity index (χ2v) is 10.5. The van der Waals surface area contributed by atoms with E-state index in [0.29, 0.717) is 22.1 Å². The normalized spacial score (nSPS) is 11.2. The van der Waals surface area contributed by atoms with E-state index in [-0.39, 0.29) is 33.5 Å². The second-order valence-electron chi connectivity index (χ2n) is 8.01. The summed E-state index contributed by atoms with van der Waals surface area (Å²) in [6.07, 6.45) is 0. The topological polar surface area (TPSA) is 93.7 Å². The summed E-state index contributed by atoms with van der Waals surface area (Å²) >= 11 is 12.2. The van der Waals surface area contributed by atoms with Gasteiger partial charge in [-0.25, -0.2) is 8.42 Å². The van der Waals surface area contributed by atoms with Crippen molar-refractivity contribution < 1.29 is 31.5 Å². The van der Waals surface area contributed by atoms with Crippen LogP contribution in [0.25, 0.3) is 0 Å². The first kappa shape index (κ1) is 28.2. The summed E-state index contributed by atoms with van der Waals surface area (Å²) in [5, 5.41) is 3.23. The Morgan fingerprint density at radius 1 is 0.872 bits per heavy atom. The molecular weight excluding hydrogens is 573 g/mol. The average Bonchev–Trinajstić information content (AvgIpc) is 2.90. The number of carbonyl (C=O) groups excluding carboxylic acids is 1. The number of alkyl halides is 2. The van der Waals surface area contributed by atoms with Crippen LogP contribution in [0.1, 0.15) is 15.9 Å². The van der Waals surface area contributed by atoms with E-state index in [1.165, 1.54) is 60.7 Å². The van der Waals surface area contributed by atoms with Gasteiger partial charge in [0, 0.05) is 11.6 Å². The van der Waals surface area contributed by atoms with Gasteiger partial charge in [0.05, 0.1) is 21.2 Å². The minimum atomic E-state index is -4.11. The molecule has 0 fully saturated rings. The molecule has 0 unspecified atom stereocenters. The van der Waals surface area contributed by atoms with Crippen molar-refractivity contribution in [3.63, 3.8) is 0 Å². The minimum absolute atomic E-state index is 0.0110. The lowest BCUT2D eigenvalue weighted by atomic mass is 10.1. The highest BCUT2D eigenvalue weighted by atomic mass is 35.5. The molecular formula is C27H20Cl2F2N2O5S. The largest absolute Gasteiger partial charge is 0.456 e. The number of carbonyl (C=O) groups is 1. The second kappa shape index (κ2) is 12.3. The summed E-state index contributed by atoms with van der Waals surface area (Å²) in [7, 11) is -4.11. The number of halogens is 4. The molecule has 0 aromatic heterocycles. The fourth-order valence-corrected chi connectivity index (χ4v) is 4.87. The smallest absolute Gasteiger partial charge is 0.387 e. The molecule has 0 heterocycles. The summed E-state index contributed by atoms with van der Waals surface area (Å²) in [6.45, 7) is -3.02. The van der Waals surface area contributed by atoms with Gasteiger partial charge in [-0.1, -0.05) is 47.5 Å². The fourth-order valence-electron chi connectivity index (χ4n) is 3.45. The summed E-state index contributed by atoms with van der Waals surface area (Å²) < 4.78 is 63.6. The third kappa shape index (κ3) is 7.60. The highest BCUT2D eigenvalue weighted by Crippen LogP contribution is 2.30. The number of rotatable bonds is 10. The van der Waals surface area contributed by atoms with Crippen LogP contribution in [0, 0.1) is 0 Å². The van der Waals surface area contributed by atoms with Crippen LogP contribution in [0.3, 0.4) is 0 Å². The molecule has 0 atom stereocenters. The van der Waals surface area contributed by atoms with E-state index in [9.17, 15) is 22.0 Å². The van der Waals surface area contributed by atoms with Crippen molar-refractivity contribution in [2.75, 3.05) is 4.72 Å². The molecule has 202 valence electrons. The average molecular weight is 593 g/mol. The Morgan fingerprint density at radius 3 is 2.33 bits per heavy atom. The first-order valence-electron chi connectivity index (χ1n) is 11.3. The van der Waals surface area contributed by atoms with Gasteiger partial charge in [0.1, 0.15) is 17.2 Å². The third-order valence-corrected chi connectivity index (χ3v) is 7.17. The predicted molar refractivity (Wildman–Crippen MR) is 144 cm³/mol. The van der Waals surface area contributed by atoms with Gasteiger partial charge in [-0.2, -0.15) is 8.78 Å². The van der Waals surface area contributed by atoms with Crippen molar-refractivity contribution >= 4 is 44.8 Å². The Hall–Kier alpha value is -3.86. The summed E-state index contributed by atoms with van der Waals surface area (Å²) in [5.41, 5.74) is 0.442. The third-order valence-electron chi connectivity index (χ3n) is 5.25. The highest BCUT2D eigenvalue weighted by Gasteiger charge is 2.20. The van der Waals surface area contributed by atoms with Crippen LogP contribution >= 0.6 is 23.2 Å². The Labute approximate surface area is 233 Å². The molecule has 2 N–H and O–H groups in total. The van der Waals surface area contributed by atoms with Crippen molar-refractivity contribution in [2.45, 2.75) is 18.1 Å². The van der Waals surface area contributed by atoms with Gasteiger partial charge in [-0.3, -0.25) is 9.52 Å². The Kier molecular flexibility index (Phi) is 8.90. The maximum Gasteiger partial charge on any atom is 0.387 e. The molecule has 0 aliphatic carbocycles. The number of hydrogen-bond donors (Lipinski definition) is 2. The molecule has 0 saturated carbocycles. The fraction of sp³-hybridized carbons (Fsp3) is 0.0741. The monoisotopic (exact) mass is 592 g/mol. The number of sulfonamides is 1. The lowest BCUT2D eigenvalue weighted by molar-refractivity contribution is -0.0498. The van der Waals surface area contributed by atoms with Crippen molar-refractivity contribution in [3.8, 4) is 17.2 Å². The molecule has 0 spiro atoms. The number of hydrogen-bond acceptors (Lipinski definition) is 5. The van der Waals surface area contributed by atoms with Crippen molar-refractivity contribution in [3.05, 3.63) is 112 Å². The zero-order valence-electron chi connectivity index (χ0n) is 19.9. The highest BCUT2D eigenvalue weighted by molar-refractivity contribution is 7.92. The van der Waals surface area contributed by atoms with Crippen molar-refractivity contribution in [2.24, 2.45) is 0 Å². The molecule has 1 amide bonds. The van der Waals surface area contributed by atoms with Crippen LogP contribution < -0.4 is 19.5 Å². The van der Waals surface area contributed by atoms with E-state index < -0.39 is 22.5 Å². The summed E-state index contributed by atoms with van der Waals surface area (Å²) in [4.78, 5) is 12.9. The van der Waals surface area contributed by atoms with Crippen molar-refractivity contribution in [1.82, 2.24) is 5.32 Å². The maximum atomic E-state index is 13.1. The van der Waals surface area contributed by atoms with Crippen LogP contribution in [0.5, 0.6) is 17.2 Å². The number of ether oxygens (including phenoxy) is 2. The number of para-hydroxylation sites is 1. The molecule has 7 nitrogen and oxygen atoms in total. The number of anilines is 1. The van der Waals surface area contributed by atoms with E-state index in [1.54, 1.807) is 30.3 Å². The van der Waals surface area contributed by atoms with E-state index in [0.717, 1.165) is 0 Å². The molecule has 0 radical (unpaired) electrons. The molecule has 0 aliphatic heterocycles. The van der Waals surface area contributed by atoms with Gasteiger partial charge in [0.15, 0.2) is 0 Å². The quantitative estimate of drug-likeness (QED) is 0.204. The number of benzene rings is 4. The van der Waals surface area contributed by atoms with Crippen LogP contribution in [-0.4, -0.2) is 20.9 Å². The zero-order valence-corrected chi connectivity index (χ0v) is 22.2. The molecule has 4 aromatic carbocycles. The van der Waals surface area contributed by atoms with Crippen LogP contribution in [0.2, 0.25) is 10.0 Å². The van der Waals surface area contributed by atoms with Gasteiger partial charge < -0.3 is 14.8 Å². The maximum absolute atomic E-state index is 13.1. The first-order valence-corrected chi connectivity index (χ1v) is 13.5. The number of nitrogens with one attached hydrogen (secondary N) is 2. The Bertz CT molecular complexity index is 1590. The van der Waals surface area contributed by atoms with E-state index in [1.807, 2.05) is 0 Å². The Morgan fingerprint density at radius 2 is 1.62 bits per heavy atom.